The normalized spacial score (nSPS) is 17.3. The van der Waals surface area contributed by atoms with E-state index in [1.165, 1.54) is 42.7 Å². The van der Waals surface area contributed by atoms with Gasteiger partial charge in [-0.15, -0.1) is 0 Å². The van der Waals surface area contributed by atoms with E-state index in [1.54, 1.807) is 35.2 Å². The monoisotopic (exact) mass is 554 g/mol. The Morgan fingerprint density at radius 2 is 1.79 bits per heavy atom. The van der Waals surface area contributed by atoms with Gasteiger partial charge in [-0.05, 0) is 48.4 Å². The van der Waals surface area contributed by atoms with Crippen LogP contribution in [0.4, 0.5) is 13.2 Å². The maximum Gasteiger partial charge on any atom is 0.387 e. The first kappa shape index (κ1) is 26.4. The van der Waals surface area contributed by atoms with Crippen LogP contribution in [0.5, 0.6) is 5.75 Å². The fraction of sp³-hybridized carbons (Fsp3) is 0.214. The Labute approximate surface area is 226 Å². The molecule has 1 aromatic heterocycles. The Bertz CT molecular complexity index is 1520. The number of fused-ring (bicyclic) bond motifs is 1. The molecule has 1 aliphatic heterocycles. The summed E-state index contributed by atoms with van der Waals surface area (Å²) in [6, 6.07) is 14.2. The smallest absolute Gasteiger partial charge is 0.387 e. The van der Waals surface area contributed by atoms with Gasteiger partial charge in [-0.2, -0.15) is 8.78 Å². The van der Waals surface area contributed by atoms with Crippen LogP contribution in [0, 0.1) is 5.82 Å². The van der Waals surface area contributed by atoms with E-state index in [0.717, 1.165) is 0 Å². The Morgan fingerprint density at radius 1 is 1.05 bits per heavy atom. The van der Waals surface area contributed by atoms with E-state index in [-0.39, 0.29) is 23.8 Å². The topological polar surface area (TPSA) is 84.4 Å². The third-order valence-corrected chi connectivity index (χ3v) is 6.92. The Hall–Kier alpha value is -4.18. The van der Waals surface area contributed by atoms with Crippen molar-refractivity contribution in [1.82, 2.24) is 20.2 Å². The molecule has 5 rings (SSSR count). The lowest BCUT2D eigenvalue weighted by Gasteiger charge is -2.39. The molecule has 2 atom stereocenters. The summed E-state index contributed by atoms with van der Waals surface area (Å²) in [5, 5.41) is 3.21. The highest BCUT2D eigenvalue weighted by molar-refractivity contribution is 6.35. The molecule has 2 heterocycles. The predicted molar refractivity (Wildman–Crippen MR) is 139 cm³/mol. The lowest BCUT2D eigenvalue weighted by molar-refractivity contribution is -0.0501. The number of rotatable bonds is 6. The molecule has 0 aliphatic carbocycles. The van der Waals surface area contributed by atoms with Crippen LogP contribution in [-0.2, 0) is 0 Å². The zero-order valence-electron chi connectivity index (χ0n) is 20.4. The molecule has 4 aromatic rings. The van der Waals surface area contributed by atoms with Crippen molar-refractivity contribution in [3.63, 3.8) is 0 Å². The second-order valence-electron chi connectivity index (χ2n) is 9.03. The van der Waals surface area contributed by atoms with E-state index in [0.29, 0.717) is 40.1 Å². The van der Waals surface area contributed by atoms with E-state index in [9.17, 15) is 22.8 Å². The SMILES string of the molecule is O=C(N[C@@H]1CCN(C(=O)c2cc(Cl)c3nccnc3c2)C[C@H]1c1ccc(F)cc1)c1ccccc1OC(F)F. The number of hydrogen-bond donors (Lipinski definition) is 1. The van der Waals surface area contributed by atoms with Crippen LogP contribution in [-0.4, -0.2) is 52.4 Å². The lowest BCUT2D eigenvalue weighted by Crippen LogP contribution is -2.51. The maximum absolute atomic E-state index is 13.7. The van der Waals surface area contributed by atoms with Gasteiger partial charge in [0.05, 0.1) is 16.1 Å². The lowest BCUT2D eigenvalue weighted by atomic mass is 9.85. The van der Waals surface area contributed by atoms with Crippen molar-refractivity contribution in [2.75, 3.05) is 13.1 Å². The van der Waals surface area contributed by atoms with Crippen LogP contribution in [0.1, 0.15) is 38.6 Å². The number of ether oxygens (including phenoxy) is 1. The van der Waals surface area contributed by atoms with Gasteiger partial charge in [0.25, 0.3) is 11.8 Å². The second kappa shape index (κ2) is 11.3. The van der Waals surface area contributed by atoms with Gasteiger partial charge < -0.3 is 15.0 Å². The molecular weight excluding hydrogens is 533 g/mol. The van der Waals surface area contributed by atoms with Crippen molar-refractivity contribution in [3.05, 3.63) is 101 Å². The molecule has 39 heavy (non-hydrogen) atoms. The number of alkyl halides is 2. The predicted octanol–water partition coefficient (Wildman–Crippen LogP) is 5.45. The quantitative estimate of drug-likeness (QED) is 0.342. The molecule has 2 amide bonds. The van der Waals surface area contributed by atoms with Gasteiger partial charge in [0.15, 0.2) is 0 Å². The van der Waals surface area contributed by atoms with Crippen molar-refractivity contribution in [3.8, 4) is 5.75 Å². The molecule has 1 aliphatic rings. The number of carbonyl (C=O) groups is 2. The molecule has 3 aromatic carbocycles. The third-order valence-electron chi connectivity index (χ3n) is 6.64. The zero-order valence-corrected chi connectivity index (χ0v) is 21.1. The molecule has 0 saturated carbocycles. The van der Waals surface area contributed by atoms with E-state index >= 15 is 0 Å². The van der Waals surface area contributed by atoms with Gasteiger partial charge in [-0.1, -0.05) is 35.9 Å². The molecular formula is C28H22ClF3N4O3. The number of amides is 2. The molecule has 0 bridgehead atoms. The van der Waals surface area contributed by atoms with Crippen molar-refractivity contribution in [1.29, 1.82) is 0 Å². The second-order valence-corrected chi connectivity index (χ2v) is 9.44. The summed E-state index contributed by atoms with van der Waals surface area (Å²) in [5.74, 6) is -1.95. The van der Waals surface area contributed by atoms with E-state index in [4.69, 9.17) is 11.6 Å². The Balaban J connectivity index is 1.41. The highest BCUT2D eigenvalue weighted by atomic mass is 35.5. The van der Waals surface area contributed by atoms with Crippen LogP contribution < -0.4 is 10.1 Å². The number of aromatic nitrogens is 2. The highest BCUT2D eigenvalue weighted by Gasteiger charge is 2.34. The summed E-state index contributed by atoms with van der Waals surface area (Å²) < 4.78 is 43.9. The summed E-state index contributed by atoms with van der Waals surface area (Å²) in [6.07, 6.45) is 3.38. The minimum absolute atomic E-state index is 0.0407. The average Bonchev–Trinajstić information content (AvgIpc) is 2.93. The van der Waals surface area contributed by atoms with E-state index < -0.39 is 30.3 Å². The maximum atomic E-state index is 13.7. The standard InChI is InChI=1S/C28H22ClF3N4O3/c29-21-13-17(14-23-25(21)34-11-10-33-23)27(38)36-12-9-22(20(15-36)16-5-7-18(30)8-6-16)35-26(37)19-3-1-2-4-24(19)39-28(31)32/h1-8,10-11,13-14,20,22,28H,9,12,15H2,(H,35,37)/t20-,22+/m0/s1. The van der Waals surface area contributed by atoms with Crippen molar-refractivity contribution in [2.24, 2.45) is 0 Å². The average molecular weight is 555 g/mol. The Kier molecular flexibility index (Phi) is 7.65. The van der Waals surface area contributed by atoms with Crippen LogP contribution in [0.3, 0.4) is 0 Å². The molecule has 1 fully saturated rings. The van der Waals surface area contributed by atoms with Crippen LogP contribution >= 0.6 is 11.6 Å². The number of carbonyl (C=O) groups excluding carboxylic acids is 2. The molecule has 0 spiro atoms. The summed E-state index contributed by atoms with van der Waals surface area (Å²) in [7, 11) is 0. The number of piperidine rings is 1. The van der Waals surface area contributed by atoms with Crippen LogP contribution in [0.15, 0.2) is 73.1 Å². The van der Waals surface area contributed by atoms with Gasteiger partial charge in [0.2, 0.25) is 0 Å². The minimum atomic E-state index is -3.09. The number of likely N-dealkylation sites (tertiary alicyclic amines) is 1. The fourth-order valence-corrected chi connectivity index (χ4v) is 5.06. The van der Waals surface area contributed by atoms with Gasteiger partial charge >= 0.3 is 6.61 Å². The van der Waals surface area contributed by atoms with Gasteiger partial charge in [-0.25, -0.2) is 4.39 Å². The first-order valence-corrected chi connectivity index (χ1v) is 12.5. The van der Waals surface area contributed by atoms with Gasteiger partial charge in [0.1, 0.15) is 17.1 Å². The summed E-state index contributed by atoms with van der Waals surface area (Å²) in [4.78, 5) is 36.7. The number of benzene rings is 3. The Morgan fingerprint density at radius 3 is 2.56 bits per heavy atom. The number of hydrogen-bond acceptors (Lipinski definition) is 5. The third kappa shape index (κ3) is 5.80. The zero-order chi connectivity index (χ0) is 27.5. The molecule has 7 nitrogen and oxygen atoms in total. The molecule has 1 saturated heterocycles. The van der Waals surface area contributed by atoms with E-state index in [1.807, 2.05) is 0 Å². The fourth-order valence-electron chi connectivity index (χ4n) is 4.79. The number of para-hydroxylation sites is 1. The first-order chi connectivity index (χ1) is 18.8. The summed E-state index contributed by atoms with van der Waals surface area (Å²) >= 11 is 6.35. The highest BCUT2D eigenvalue weighted by Crippen LogP contribution is 2.31. The van der Waals surface area contributed by atoms with Crippen molar-refractivity contribution >= 4 is 34.4 Å². The summed E-state index contributed by atoms with van der Waals surface area (Å²) in [6.45, 7) is -2.58. The number of nitrogens with zero attached hydrogens (tertiary/aromatic N) is 3. The number of nitrogens with one attached hydrogen (secondary N) is 1. The van der Waals surface area contributed by atoms with Crippen molar-refractivity contribution in [2.45, 2.75) is 25.0 Å². The van der Waals surface area contributed by atoms with Gasteiger partial charge in [0, 0.05) is 43.0 Å². The summed E-state index contributed by atoms with van der Waals surface area (Å²) in [5.41, 5.74) is 1.97. The van der Waals surface area contributed by atoms with E-state index in [2.05, 4.69) is 20.0 Å². The molecule has 200 valence electrons. The minimum Gasteiger partial charge on any atom is -0.434 e. The van der Waals surface area contributed by atoms with Crippen LogP contribution in [0.2, 0.25) is 5.02 Å². The van der Waals surface area contributed by atoms with Gasteiger partial charge in [-0.3, -0.25) is 19.6 Å². The molecule has 11 heteroatoms. The molecule has 0 radical (unpaired) electrons. The van der Waals surface area contributed by atoms with Crippen LogP contribution in [0.25, 0.3) is 11.0 Å². The largest absolute Gasteiger partial charge is 0.434 e. The molecule has 1 N–H and O–H groups in total. The first-order valence-electron chi connectivity index (χ1n) is 12.1. The molecule has 0 unspecified atom stereocenters. The number of halogens is 4. The van der Waals surface area contributed by atoms with Crippen molar-refractivity contribution < 1.29 is 27.5 Å².